The minimum absolute atomic E-state index is 0. The lowest BCUT2D eigenvalue weighted by atomic mass is 10.0. The van der Waals surface area contributed by atoms with E-state index in [9.17, 15) is 0 Å². The predicted octanol–water partition coefficient (Wildman–Crippen LogP) is 2.74. The molecule has 0 atom stereocenters. The van der Waals surface area contributed by atoms with Crippen molar-refractivity contribution in [2.75, 3.05) is 46.1 Å². The second kappa shape index (κ2) is 15.0. The number of hydrogen-bond acceptors (Lipinski definition) is 6. The van der Waals surface area contributed by atoms with Gasteiger partial charge in [0.05, 0.1) is 0 Å². The molecular formula is C19H36IN5O3. The standard InChI is InChI=1S/C19H35N5O3.HI/c1-4-20-19(22-10-6-17-23-18(15(2)3)24-27-17)21-9-5-11-26-14-16-7-12-25-13-8-16;/h15-16H,4-14H2,1-3H3,(H2,20,21,22);1H. The lowest BCUT2D eigenvalue weighted by Crippen LogP contribution is -2.38. The SMILES string of the molecule is CCNC(=NCCCOCC1CCOCC1)NCCc1nc(C(C)C)no1.I. The smallest absolute Gasteiger partial charge is 0.228 e. The molecule has 0 aromatic carbocycles. The molecule has 162 valence electrons. The summed E-state index contributed by atoms with van der Waals surface area (Å²) in [4.78, 5) is 8.97. The Balaban J connectivity index is 0.00000392. The second-order valence-corrected chi connectivity index (χ2v) is 7.12. The van der Waals surface area contributed by atoms with Crippen molar-refractivity contribution >= 4 is 29.9 Å². The minimum Gasteiger partial charge on any atom is -0.381 e. The van der Waals surface area contributed by atoms with Crippen molar-refractivity contribution in [3.8, 4) is 0 Å². The van der Waals surface area contributed by atoms with Gasteiger partial charge in [0.1, 0.15) is 0 Å². The molecule has 2 heterocycles. The summed E-state index contributed by atoms with van der Waals surface area (Å²) >= 11 is 0. The average molecular weight is 509 g/mol. The van der Waals surface area contributed by atoms with Crippen LogP contribution in [0, 0.1) is 5.92 Å². The van der Waals surface area contributed by atoms with E-state index < -0.39 is 0 Å². The maximum absolute atomic E-state index is 5.78. The van der Waals surface area contributed by atoms with Crippen LogP contribution in [0.1, 0.15) is 57.7 Å². The van der Waals surface area contributed by atoms with Gasteiger partial charge in [0.25, 0.3) is 0 Å². The maximum atomic E-state index is 5.78. The molecule has 0 spiro atoms. The van der Waals surface area contributed by atoms with Crippen LogP contribution in [0.15, 0.2) is 9.52 Å². The van der Waals surface area contributed by atoms with Crippen molar-refractivity contribution in [2.45, 2.75) is 52.4 Å². The molecule has 0 radical (unpaired) electrons. The van der Waals surface area contributed by atoms with Crippen LogP contribution in [0.5, 0.6) is 0 Å². The van der Waals surface area contributed by atoms with Gasteiger partial charge in [0.15, 0.2) is 11.8 Å². The fourth-order valence-electron chi connectivity index (χ4n) is 2.75. The van der Waals surface area contributed by atoms with Crippen LogP contribution >= 0.6 is 24.0 Å². The van der Waals surface area contributed by atoms with E-state index in [-0.39, 0.29) is 29.9 Å². The molecule has 2 N–H and O–H groups in total. The van der Waals surface area contributed by atoms with Gasteiger partial charge in [-0.3, -0.25) is 4.99 Å². The molecule has 0 unspecified atom stereocenters. The van der Waals surface area contributed by atoms with Crippen molar-refractivity contribution in [1.82, 2.24) is 20.8 Å². The van der Waals surface area contributed by atoms with E-state index >= 15 is 0 Å². The van der Waals surface area contributed by atoms with Gasteiger partial charge in [0, 0.05) is 58.4 Å². The van der Waals surface area contributed by atoms with E-state index in [0.717, 1.165) is 70.6 Å². The van der Waals surface area contributed by atoms with Crippen LogP contribution in [0.4, 0.5) is 0 Å². The molecule has 1 aromatic heterocycles. The molecule has 28 heavy (non-hydrogen) atoms. The summed E-state index contributed by atoms with van der Waals surface area (Å²) in [6.45, 7) is 11.8. The molecule has 1 aliphatic heterocycles. The Morgan fingerprint density at radius 3 is 2.75 bits per heavy atom. The Labute approximate surface area is 185 Å². The molecule has 0 aliphatic carbocycles. The number of halogens is 1. The molecule has 0 amide bonds. The fraction of sp³-hybridized carbons (Fsp3) is 0.842. The third kappa shape index (κ3) is 10.0. The first-order chi connectivity index (χ1) is 13.2. The number of aromatic nitrogens is 2. The maximum Gasteiger partial charge on any atom is 0.228 e. The largest absolute Gasteiger partial charge is 0.381 e. The Hall–Kier alpha value is -0.940. The van der Waals surface area contributed by atoms with Gasteiger partial charge in [0.2, 0.25) is 5.89 Å². The minimum atomic E-state index is 0. The first-order valence-corrected chi connectivity index (χ1v) is 10.2. The summed E-state index contributed by atoms with van der Waals surface area (Å²) in [5.41, 5.74) is 0. The molecule has 1 fully saturated rings. The fourth-order valence-corrected chi connectivity index (χ4v) is 2.75. The van der Waals surface area contributed by atoms with Crippen LogP contribution in [0.25, 0.3) is 0 Å². The highest BCUT2D eigenvalue weighted by Gasteiger charge is 2.13. The van der Waals surface area contributed by atoms with E-state index in [1.807, 2.05) is 0 Å². The van der Waals surface area contributed by atoms with Crippen LogP contribution in [0.3, 0.4) is 0 Å². The monoisotopic (exact) mass is 509 g/mol. The van der Waals surface area contributed by atoms with Crippen molar-refractivity contribution < 1.29 is 14.0 Å². The summed E-state index contributed by atoms with van der Waals surface area (Å²) < 4.78 is 16.4. The van der Waals surface area contributed by atoms with Gasteiger partial charge in [-0.15, -0.1) is 24.0 Å². The van der Waals surface area contributed by atoms with Gasteiger partial charge in [-0.05, 0) is 32.1 Å². The van der Waals surface area contributed by atoms with Crippen LogP contribution in [0.2, 0.25) is 0 Å². The molecule has 0 bridgehead atoms. The molecule has 1 saturated heterocycles. The number of hydrogen-bond donors (Lipinski definition) is 2. The summed E-state index contributed by atoms with van der Waals surface area (Å²) in [6, 6.07) is 0. The molecule has 1 aromatic rings. The molecular weight excluding hydrogens is 473 g/mol. The van der Waals surface area contributed by atoms with E-state index in [4.69, 9.17) is 14.0 Å². The van der Waals surface area contributed by atoms with Crippen LogP contribution in [-0.4, -0.2) is 62.2 Å². The number of nitrogens with one attached hydrogen (secondary N) is 2. The number of rotatable bonds is 11. The molecule has 2 rings (SSSR count). The number of guanidine groups is 1. The summed E-state index contributed by atoms with van der Waals surface area (Å²) in [6.07, 6.45) is 3.83. The number of aliphatic imine (C=N–C) groups is 1. The predicted molar refractivity (Wildman–Crippen MR) is 120 cm³/mol. The van der Waals surface area contributed by atoms with Gasteiger partial charge in [-0.2, -0.15) is 4.98 Å². The highest BCUT2D eigenvalue weighted by atomic mass is 127. The number of ether oxygens (including phenoxy) is 2. The molecule has 1 aliphatic rings. The van der Waals surface area contributed by atoms with Gasteiger partial charge < -0.3 is 24.6 Å². The Morgan fingerprint density at radius 1 is 1.29 bits per heavy atom. The zero-order valence-corrected chi connectivity index (χ0v) is 19.7. The first-order valence-electron chi connectivity index (χ1n) is 10.2. The van der Waals surface area contributed by atoms with Gasteiger partial charge in [-0.25, -0.2) is 0 Å². The normalized spacial score (nSPS) is 15.5. The highest BCUT2D eigenvalue weighted by molar-refractivity contribution is 14.0. The summed E-state index contributed by atoms with van der Waals surface area (Å²) in [5.74, 6) is 3.16. The summed E-state index contributed by atoms with van der Waals surface area (Å²) in [7, 11) is 0. The zero-order chi connectivity index (χ0) is 19.3. The Morgan fingerprint density at radius 2 is 2.07 bits per heavy atom. The quantitative estimate of drug-likeness (QED) is 0.205. The Kier molecular flexibility index (Phi) is 13.4. The lowest BCUT2D eigenvalue weighted by Gasteiger charge is -2.21. The van der Waals surface area contributed by atoms with Crippen molar-refractivity contribution in [3.63, 3.8) is 0 Å². The third-order valence-corrected chi connectivity index (χ3v) is 4.39. The third-order valence-electron chi connectivity index (χ3n) is 4.39. The van der Waals surface area contributed by atoms with E-state index in [2.05, 4.69) is 46.5 Å². The van der Waals surface area contributed by atoms with Crippen molar-refractivity contribution in [1.29, 1.82) is 0 Å². The Bertz CT molecular complexity index is 547. The van der Waals surface area contributed by atoms with Crippen molar-refractivity contribution in [3.05, 3.63) is 11.7 Å². The highest BCUT2D eigenvalue weighted by Crippen LogP contribution is 2.14. The van der Waals surface area contributed by atoms with Crippen LogP contribution < -0.4 is 10.6 Å². The lowest BCUT2D eigenvalue weighted by molar-refractivity contribution is 0.0205. The van der Waals surface area contributed by atoms with E-state index in [0.29, 0.717) is 24.8 Å². The second-order valence-electron chi connectivity index (χ2n) is 7.12. The van der Waals surface area contributed by atoms with Gasteiger partial charge in [-0.1, -0.05) is 19.0 Å². The summed E-state index contributed by atoms with van der Waals surface area (Å²) in [5, 5.41) is 10.5. The molecule has 8 nitrogen and oxygen atoms in total. The van der Waals surface area contributed by atoms with E-state index in [1.165, 1.54) is 0 Å². The van der Waals surface area contributed by atoms with Crippen molar-refractivity contribution in [2.24, 2.45) is 10.9 Å². The van der Waals surface area contributed by atoms with Crippen LogP contribution in [-0.2, 0) is 15.9 Å². The molecule has 9 heteroatoms. The zero-order valence-electron chi connectivity index (χ0n) is 17.4. The topological polar surface area (TPSA) is 93.8 Å². The number of nitrogens with zero attached hydrogens (tertiary/aromatic N) is 3. The van der Waals surface area contributed by atoms with Gasteiger partial charge >= 0.3 is 0 Å². The first kappa shape index (κ1) is 25.1. The average Bonchev–Trinajstić information content (AvgIpc) is 3.14. The van der Waals surface area contributed by atoms with E-state index in [1.54, 1.807) is 0 Å². The molecule has 0 saturated carbocycles.